The van der Waals surface area contributed by atoms with Gasteiger partial charge in [-0.3, -0.25) is 4.98 Å². The molecular weight excluding hydrogens is 208 g/mol. The molecule has 0 aliphatic heterocycles. The number of hydrogen-bond acceptors (Lipinski definition) is 2. The Morgan fingerprint density at radius 1 is 1.29 bits per heavy atom. The van der Waals surface area contributed by atoms with Crippen molar-refractivity contribution >= 4 is 10.9 Å². The lowest BCUT2D eigenvalue weighted by atomic mass is 9.78. The van der Waals surface area contributed by atoms with Crippen LogP contribution < -0.4 is 5.32 Å². The number of fused-ring (bicyclic) bond motifs is 1. The van der Waals surface area contributed by atoms with Gasteiger partial charge in [-0.05, 0) is 49.9 Å². The molecule has 2 nitrogen and oxygen atoms in total. The van der Waals surface area contributed by atoms with Crippen LogP contribution in [0.2, 0.25) is 0 Å². The van der Waals surface area contributed by atoms with Gasteiger partial charge in [0.1, 0.15) is 0 Å². The van der Waals surface area contributed by atoms with Crippen LogP contribution in [0.1, 0.15) is 31.7 Å². The van der Waals surface area contributed by atoms with Crippen molar-refractivity contribution in [2.75, 3.05) is 0 Å². The molecule has 0 saturated heterocycles. The van der Waals surface area contributed by atoms with Gasteiger partial charge in [-0.1, -0.05) is 12.1 Å². The number of nitrogens with zero attached hydrogens (tertiary/aromatic N) is 1. The van der Waals surface area contributed by atoms with Crippen LogP contribution in [0.4, 0.5) is 0 Å². The molecule has 0 amide bonds. The molecule has 1 saturated carbocycles. The van der Waals surface area contributed by atoms with Crippen LogP contribution in [-0.4, -0.2) is 10.5 Å². The molecule has 0 bridgehead atoms. The highest BCUT2D eigenvalue weighted by Gasteiger charge is 2.30. The van der Waals surface area contributed by atoms with Crippen LogP contribution in [0.15, 0.2) is 36.5 Å². The Morgan fingerprint density at radius 2 is 2.18 bits per heavy atom. The largest absolute Gasteiger partial charge is 0.307 e. The zero-order chi connectivity index (χ0) is 11.7. The molecule has 0 unspecified atom stereocenters. The van der Waals surface area contributed by atoms with Gasteiger partial charge in [-0.15, -0.1) is 0 Å². The predicted molar refractivity (Wildman–Crippen MR) is 70.8 cm³/mol. The second-order valence-electron chi connectivity index (χ2n) is 5.30. The first-order chi connectivity index (χ1) is 8.25. The van der Waals surface area contributed by atoms with Gasteiger partial charge >= 0.3 is 0 Å². The molecule has 0 radical (unpaired) electrons. The third-order valence-electron chi connectivity index (χ3n) is 3.84. The Kier molecular flexibility index (Phi) is 2.60. The Bertz CT molecular complexity index is 529. The maximum Gasteiger partial charge on any atom is 0.0702 e. The van der Waals surface area contributed by atoms with Crippen LogP contribution in [-0.2, 0) is 6.54 Å². The van der Waals surface area contributed by atoms with Crippen LogP contribution in [0.25, 0.3) is 10.9 Å². The number of hydrogen-bond donors (Lipinski definition) is 1. The van der Waals surface area contributed by atoms with E-state index in [0.717, 1.165) is 12.1 Å². The molecule has 0 spiro atoms. The van der Waals surface area contributed by atoms with Crippen molar-refractivity contribution in [1.29, 1.82) is 0 Å². The van der Waals surface area contributed by atoms with Crippen molar-refractivity contribution in [3.8, 4) is 0 Å². The van der Waals surface area contributed by atoms with E-state index >= 15 is 0 Å². The minimum absolute atomic E-state index is 0.379. The van der Waals surface area contributed by atoms with Crippen molar-refractivity contribution in [1.82, 2.24) is 10.3 Å². The highest BCUT2D eigenvalue weighted by atomic mass is 15.0. The molecule has 88 valence electrons. The minimum Gasteiger partial charge on any atom is -0.307 e. The second-order valence-corrected chi connectivity index (χ2v) is 5.30. The number of aromatic nitrogens is 1. The minimum atomic E-state index is 0.379. The lowest BCUT2D eigenvalue weighted by Gasteiger charge is -2.39. The maximum absolute atomic E-state index is 4.34. The summed E-state index contributed by atoms with van der Waals surface area (Å²) in [5.41, 5.74) is 2.80. The van der Waals surface area contributed by atoms with Crippen LogP contribution >= 0.6 is 0 Å². The van der Waals surface area contributed by atoms with E-state index in [1.807, 2.05) is 12.3 Å². The van der Waals surface area contributed by atoms with E-state index in [4.69, 9.17) is 0 Å². The summed E-state index contributed by atoms with van der Waals surface area (Å²) in [6.07, 6.45) is 5.82. The van der Waals surface area contributed by atoms with Gasteiger partial charge in [0.25, 0.3) is 0 Å². The number of nitrogens with one attached hydrogen (secondary N) is 1. The average Bonchev–Trinajstić information content (AvgIpc) is 2.34. The quantitative estimate of drug-likeness (QED) is 0.869. The number of pyridine rings is 1. The van der Waals surface area contributed by atoms with Gasteiger partial charge < -0.3 is 5.32 Å². The van der Waals surface area contributed by atoms with Crippen LogP contribution in [0.5, 0.6) is 0 Å². The molecule has 3 rings (SSSR count). The van der Waals surface area contributed by atoms with E-state index in [1.54, 1.807) is 0 Å². The van der Waals surface area contributed by atoms with E-state index < -0.39 is 0 Å². The van der Waals surface area contributed by atoms with E-state index in [1.165, 1.54) is 30.2 Å². The molecule has 1 N–H and O–H groups in total. The summed E-state index contributed by atoms with van der Waals surface area (Å²) in [5.74, 6) is 0. The fourth-order valence-electron chi connectivity index (χ4n) is 2.43. The summed E-state index contributed by atoms with van der Waals surface area (Å²) < 4.78 is 0. The molecule has 1 aliphatic rings. The van der Waals surface area contributed by atoms with Gasteiger partial charge in [0.05, 0.1) is 5.52 Å². The van der Waals surface area contributed by atoms with Crippen molar-refractivity contribution in [3.63, 3.8) is 0 Å². The van der Waals surface area contributed by atoms with Crippen molar-refractivity contribution in [2.45, 2.75) is 38.3 Å². The van der Waals surface area contributed by atoms with Gasteiger partial charge in [-0.25, -0.2) is 0 Å². The molecule has 0 atom stereocenters. The van der Waals surface area contributed by atoms with Crippen molar-refractivity contribution < 1.29 is 0 Å². The fourth-order valence-corrected chi connectivity index (χ4v) is 2.43. The second kappa shape index (κ2) is 4.11. The monoisotopic (exact) mass is 226 g/mol. The molecule has 2 heteroatoms. The van der Waals surface area contributed by atoms with Crippen LogP contribution in [0.3, 0.4) is 0 Å². The summed E-state index contributed by atoms with van der Waals surface area (Å²) in [7, 11) is 0. The molecule has 1 aromatic carbocycles. The summed E-state index contributed by atoms with van der Waals surface area (Å²) in [6.45, 7) is 3.28. The summed E-state index contributed by atoms with van der Waals surface area (Å²) in [5, 5.41) is 4.88. The molecule has 1 fully saturated rings. The summed E-state index contributed by atoms with van der Waals surface area (Å²) >= 11 is 0. The zero-order valence-corrected chi connectivity index (χ0v) is 10.2. The Labute approximate surface area is 102 Å². The third-order valence-corrected chi connectivity index (χ3v) is 3.84. The Morgan fingerprint density at radius 3 is 2.94 bits per heavy atom. The van der Waals surface area contributed by atoms with Gasteiger partial charge in [0.15, 0.2) is 0 Å². The van der Waals surface area contributed by atoms with E-state index in [2.05, 4.69) is 41.5 Å². The number of benzene rings is 1. The van der Waals surface area contributed by atoms with E-state index in [9.17, 15) is 0 Å². The highest BCUT2D eigenvalue weighted by molar-refractivity contribution is 5.78. The summed E-state index contributed by atoms with van der Waals surface area (Å²) in [6, 6.07) is 10.6. The van der Waals surface area contributed by atoms with Crippen molar-refractivity contribution in [3.05, 3.63) is 42.1 Å². The standard InChI is InChI=1S/C15H18N2/c1-15(7-3-8-15)17-11-12-5-6-14-13(10-12)4-2-9-16-14/h2,4-6,9-10,17H,3,7-8,11H2,1H3. The van der Waals surface area contributed by atoms with Gasteiger partial charge in [0, 0.05) is 23.7 Å². The Hall–Kier alpha value is -1.41. The molecular formula is C15H18N2. The lowest BCUT2D eigenvalue weighted by molar-refractivity contribution is 0.207. The fraction of sp³-hybridized carbons (Fsp3) is 0.400. The lowest BCUT2D eigenvalue weighted by Crippen LogP contribution is -2.47. The summed E-state index contributed by atoms with van der Waals surface area (Å²) in [4.78, 5) is 4.34. The molecule has 1 aliphatic carbocycles. The predicted octanol–water partition coefficient (Wildman–Crippen LogP) is 3.27. The Balaban J connectivity index is 1.76. The SMILES string of the molecule is CC1(NCc2ccc3ncccc3c2)CCC1. The van der Waals surface area contributed by atoms with E-state index in [-0.39, 0.29) is 0 Å². The molecule has 1 aromatic heterocycles. The molecule has 17 heavy (non-hydrogen) atoms. The van der Waals surface area contributed by atoms with Crippen LogP contribution in [0, 0.1) is 0 Å². The first-order valence-corrected chi connectivity index (χ1v) is 6.34. The average molecular weight is 226 g/mol. The van der Waals surface area contributed by atoms with E-state index in [0.29, 0.717) is 5.54 Å². The first-order valence-electron chi connectivity index (χ1n) is 6.34. The number of rotatable bonds is 3. The van der Waals surface area contributed by atoms with Gasteiger partial charge in [0.2, 0.25) is 0 Å². The molecule has 1 heterocycles. The topological polar surface area (TPSA) is 24.9 Å². The third kappa shape index (κ3) is 2.18. The molecule has 2 aromatic rings. The normalized spacial score (nSPS) is 17.9. The zero-order valence-electron chi connectivity index (χ0n) is 10.2. The first kappa shape index (κ1) is 10.7. The van der Waals surface area contributed by atoms with Crippen molar-refractivity contribution in [2.24, 2.45) is 0 Å². The smallest absolute Gasteiger partial charge is 0.0702 e. The maximum atomic E-state index is 4.34. The van der Waals surface area contributed by atoms with Gasteiger partial charge in [-0.2, -0.15) is 0 Å². The highest BCUT2D eigenvalue weighted by Crippen LogP contribution is 2.31.